The average Bonchev–Trinajstić information content (AvgIpc) is 2.61. The fraction of sp³-hybridized carbons (Fsp3) is 0.400. The summed E-state index contributed by atoms with van der Waals surface area (Å²) in [5, 5.41) is 4.45. The summed E-state index contributed by atoms with van der Waals surface area (Å²) in [6, 6.07) is 8.48. The summed E-state index contributed by atoms with van der Waals surface area (Å²) in [5.41, 5.74) is 12.2. The molecule has 96 valence electrons. The first-order valence-electron chi connectivity index (χ1n) is 6.31. The van der Waals surface area contributed by atoms with Gasteiger partial charge in [0.15, 0.2) is 0 Å². The highest BCUT2D eigenvalue weighted by atomic mass is 15.3. The van der Waals surface area contributed by atoms with Gasteiger partial charge in [-0.1, -0.05) is 18.2 Å². The van der Waals surface area contributed by atoms with Crippen LogP contribution in [-0.2, 0) is 6.54 Å². The van der Waals surface area contributed by atoms with Crippen molar-refractivity contribution < 1.29 is 0 Å². The number of hydrogen-bond donors (Lipinski definition) is 1. The van der Waals surface area contributed by atoms with Gasteiger partial charge in [-0.15, -0.1) is 0 Å². The summed E-state index contributed by atoms with van der Waals surface area (Å²) in [6.45, 7) is 9.03. The van der Waals surface area contributed by atoms with Crippen LogP contribution in [0.1, 0.15) is 34.1 Å². The van der Waals surface area contributed by atoms with E-state index in [4.69, 9.17) is 5.73 Å². The van der Waals surface area contributed by atoms with Crippen molar-refractivity contribution in [1.29, 1.82) is 0 Å². The van der Waals surface area contributed by atoms with E-state index in [-0.39, 0.29) is 6.04 Å². The molecule has 1 atom stereocenters. The monoisotopic (exact) mass is 243 g/mol. The van der Waals surface area contributed by atoms with E-state index in [0.717, 1.165) is 17.9 Å². The molecule has 0 radical (unpaired) electrons. The molecular formula is C15H21N3. The lowest BCUT2D eigenvalue weighted by Crippen LogP contribution is -2.19. The van der Waals surface area contributed by atoms with Crippen LogP contribution in [0.2, 0.25) is 0 Å². The van der Waals surface area contributed by atoms with Crippen LogP contribution in [0.25, 0.3) is 0 Å². The minimum absolute atomic E-state index is 0.0118. The Labute approximate surface area is 109 Å². The third-order valence-electron chi connectivity index (χ3n) is 3.43. The zero-order valence-corrected chi connectivity index (χ0v) is 11.6. The number of nitrogens with two attached hydrogens (primary N) is 1. The molecular weight excluding hydrogens is 222 g/mol. The van der Waals surface area contributed by atoms with Gasteiger partial charge >= 0.3 is 0 Å². The highest BCUT2D eigenvalue weighted by Gasteiger charge is 2.10. The zero-order chi connectivity index (χ0) is 13.3. The molecule has 0 aliphatic carbocycles. The summed E-state index contributed by atoms with van der Waals surface area (Å²) in [7, 11) is 0. The Morgan fingerprint density at radius 3 is 2.39 bits per heavy atom. The van der Waals surface area contributed by atoms with Gasteiger partial charge < -0.3 is 5.73 Å². The lowest BCUT2D eigenvalue weighted by atomic mass is 10.0. The molecule has 3 heteroatoms. The maximum atomic E-state index is 6.26. The Kier molecular flexibility index (Phi) is 3.53. The molecule has 1 unspecified atom stereocenters. The van der Waals surface area contributed by atoms with Gasteiger partial charge in [0.05, 0.1) is 12.2 Å². The molecule has 18 heavy (non-hydrogen) atoms. The number of benzene rings is 1. The van der Waals surface area contributed by atoms with Crippen LogP contribution in [0, 0.1) is 27.7 Å². The highest BCUT2D eigenvalue weighted by Crippen LogP contribution is 2.17. The maximum absolute atomic E-state index is 6.26. The van der Waals surface area contributed by atoms with Crippen LogP contribution in [-0.4, -0.2) is 9.78 Å². The summed E-state index contributed by atoms with van der Waals surface area (Å²) < 4.78 is 1.98. The van der Waals surface area contributed by atoms with E-state index in [1.165, 1.54) is 16.7 Å². The van der Waals surface area contributed by atoms with E-state index in [1.54, 1.807) is 0 Å². The Bertz CT molecular complexity index is 555. The average molecular weight is 243 g/mol. The number of nitrogens with zero attached hydrogens (tertiary/aromatic N) is 2. The second kappa shape index (κ2) is 4.94. The molecule has 1 aromatic carbocycles. The van der Waals surface area contributed by atoms with Gasteiger partial charge in [-0.25, -0.2) is 0 Å². The molecule has 0 saturated heterocycles. The van der Waals surface area contributed by atoms with E-state index >= 15 is 0 Å². The number of aromatic nitrogens is 2. The molecule has 0 aliphatic heterocycles. The fourth-order valence-corrected chi connectivity index (χ4v) is 2.15. The SMILES string of the molecule is Cc1cc(C)n(CC(N)c2ccc(C)c(C)c2)n1. The second-order valence-corrected chi connectivity index (χ2v) is 5.06. The van der Waals surface area contributed by atoms with Crippen LogP contribution in [0.3, 0.4) is 0 Å². The van der Waals surface area contributed by atoms with Crippen molar-refractivity contribution in [1.82, 2.24) is 9.78 Å². The first-order chi connectivity index (χ1) is 8.47. The van der Waals surface area contributed by atoms with E-state index in [9.17, 15) is 0 Å². The highest BCUT2D eigenvalue weighted by molar-refractivity contribution is 5.31. The van der Waals surface area contributed by atoms with Crippen LogP contribution in [0.15, 0.2) is 24.3 Å². The largest absolute Gasteiger partial charge is 0.322 e. The van der Waals surface area contributed by atoms with Crippen molar-refractivity contribution in [2.75, 3.05) is 0 Å². The Hall–Kier alpha value is -1.61. The van der Waals surface area contributed by atoms with Gasteiger partial charge in [-0.05, 0) is 50.5 Å². The van der Waals surface area contributed by atoms with Gasteiger partial charge in [0.1, 0.15) is 0 Å². The van der Waals surface area contributed by atoms with Gasteiger partial charge in [0.25, 0.3) is 0 Å². The quantitative estimate of drug-likeness (QED) is 0.901. The van der Waals surface area contributed by atoms with Crippen molar-refractivity contribution in [3.63, 3.8) is 0 Å². The number of rotatable bonds is 3. The molecule has 0 spiro atoms. The van der Waals surface area contributed by atoms with E-state index in [0.29, 0.717) is 0 Å². The van der Waals surface area contributed by atoms with Crippen molar-refractivity contribution in [2.45, 2.75) is 40.3 Å². The predicted octanol–water partition coefficient (Wildman–Crippen LogP) is 2.82. The molecule has 0 fully saturated rings. The molecule has 2 rings (SSSR count). The van der Waals surface area contributed by atoms with E-state index in [2.05, 4.69) is 50.1 Å². The van der Waals surface area contributed by atoms with Crippen molar-refractivity contribution >= 4 is 0 Å². The van der Waals surface area contributed by atoms with Crippen molar-refractivity contribution in [3.05, 3.63) is 52.3 Å². The third-order valence-corrected chi connectivity index (χ3v) is 3.43. The van der Waals surface area contributed by atoms with Crippen LogP contribution in [0.4, 0.5) is 0 Å². The van der Waals surface area contributed by atoms with Gasteiger partial charge in [-0.3, -0.25) is 4.68 Å². The molecule has 2 N–H and O–H groups in total. The van der Waals surface area contributed by atoms with E-state index < -0.39 is 0 Å². The summed E-state index contributed by atoms with van der Waals surface area (Å²) in [4.78, 5) is 0. The zero-order valence-electron chi connectivity index (χ0n) is 11.6. The molecule has 0 saturated carbocycles. The van der Waals surface area contributed by atoms with Crippen LogP contribution >= 0.6 is 0 Å². The first-order valence-corrected chi connectivity index (χ1v) is 6.31. The molecule has 0 amide bonds. The molecule has 1 aromatic heterocycles. The smallest absolute Gasteiger partial charge is 0.0605 e. The van der Waals surface area contributed by atoms with Crippen LogP contribution < -0.4 is 5.73 Å². The van der Waals surface area contributed by atoms with Gasteiger partial charge in [0.2, 0.25) is 0 Å². The minimum atomic E-state index is -0.0118. The summed E-state index contributed by atoms with van der Waals surface area (Å²) >= 11 is 0. The van der Waals surface area contributed by atoms with E-state index in [1.807, 2.05) is 11.6 Å². The standard InChI is InChI=1S/C15H21N3/c1-10-5-6-14(7-11(10)2)15(16)9-18-13(4)8-12(3)17-18/h5-8,15H,9,16H2,1-4H3. The molecule has 2 aromatic rings. The fourth-order valence-electron chi connectivity index (χ4n) is 2.15. The summed E-state index contributed by atoms with van der Waals surface area (Å²) in [6.07, 6.45) is 0. The molecule has 1 heterocycles. The summed E-state index contributed by atoms with van der Waals surface area (Å²) in [5.74, 6) is 0. The lowest BCUT2D eigenvalue weighted by molar-refractivity contribution is 0.514. The molecule has 0 aliphatic rings. The van der Waals surface area contributed by atoms with Crippen LogP contribution in [0.5, 0.6) is 0 Å². The Balaban J connectivity index is 2.19. The first kappa shape index (κ1) is 12.8. The lowest BCUT2D eigenvalue weighted by Gasteiger charge is -2.15. The Morgan fingerprint density at radius 2 is 1.83 bits per heavy atom. The maximum Gasteiger partial charge on any atom is 0.0605 e. The number of aryl methyl sites for hydroxylation is 4. The predicted molar refractivity (Wildman–Crippen MR) is 74.5 cm³/mol. The topological polar surface area (TPSA) is 43.8 Å². The molecule has 0 bridgehead atoms. The minimum Gasteiger partial charge on any atom is -0.322 e. The van der Waals surface area contributed by atoms with Crippen molar-refractivity contribution in [2.24, 2.45) is 5.73 Å². The van der Waals surface area contributed by atoms with Crippen molar-refractivity contribution in [3.8, 4) is 0 Å². The second-order valence-electron chi connectivity index (χ2n) is 5.06. The normalized spacial score (nSPS) is 12.7. The van der Waals surface area contributed by atoms with Gasteiger partial charge in [-0.2, -0.15) is 5.10 Å². The molecule has 3 nitrogen and oxygen atoms in total. The number of hydrogen-bond acceptors (Lipinski definition) is 2. The third kappa shape index (κ3) is 2.62. The Morgan fingerprint density at radius 1 is 1.11 bits per heavy atom. The van der Waals surface area contributed by atoms with Gasteiger partial charge in [0, 0.05) is 11.7 Å².